The Labute approximate surface area is 158 Å². The number of benzene rings is 1. The van der Waals surface area contributed by atoms with Gasteiger partial charge in [-0.2, -0.15) is 0 Å². The Balaban J connectivity index is 1.55. The van der Waals surface area contributed by atoms with Crippen molar-refractivity contribution < 1.29 is 4.74 Å². The van der Waals surface area contributed by atoms with E-state index in [4.69, 9.17) is 10.5 Å². The number of guanidine groups is 1. The van der Waals surface area contributed by atoms with Crippen LogP contribution in [0.25, 0.3) is 0 Å². The van der Waals surface area contributed by atoms with E-state index < -0.39 is 0 Å². The second-order valence-electron chi connectivity index (χ2n) is 7.04. The van der Waals surface area contributed by atoms with Crippen molar-refractivity contribution in [2.75, 3.05) is 53.0 Å². The lowest BCUT2D eigenvalue weighted by Crippen LogP contribution is -2.38. The minimum Gasteiger partial charge on any atom is -0.379 e. The molecule has 1 aliphatic heterocycles. The zero-order valence-electron chi connectivity index (χ0n) is 16.4. The van der Waals surface area contributed by atoms with Crippen LogP contribution in [0.1, 0.15) is 25.3 Å². The van der Waals surface area contributed by atoms with Crippen molar-refractivity contribution in [2.24, 2.45) is 10.7 Å². The first kappa shape index (κ1) is 20.7. The van der Waals surface area contributed by atoms with Gasteiger partial charge in [0.1, 0.15) is 0 Å². The van der Waals surface area contributed by atoms with Crippen LogP contribution < -0.4 is 11.1 Å². The fourth-order valence-corrected chi connectivity index (χ4v) is 3.03. The molecule has 0 aliphatic carbocycles. The lowest BCUT2D eigenvalue weighted by atomic mass is 10.1. The van der Waals surface area contributed by atoms with Gasteiger partial charge in [0.2, 0.25) is 0 Å². The average Bonchev–Trinajstić information content (AvgIpc) is 2.67. The van der Waals surface area contributed by atoms with Crippen molar-refractivity contribution in [3.63, 3.8) is 0 Å². The number of hydrogen-bond donors (Lipinski definition) is 2. The molecule has 0 amide bonds. The van der Waals surface area contributed by atoms with E-state index in [0.29, 0.717) is 12.0 Å². The molecule has 1 atom stereocenters. The molecule has 1 aliphatic rings. The van der Waals surface area contributed by atoms with Gasteiger partial charge in [-0.1, -0.05) is 30.3 Å². The van der Waals surface area contributed by atoms with Crippen molar-refractivity contribution in [3.05, 3.63) is 35.9 Å². The molecule has 0 bridgehead atoms. The molecule has 1 aromatic rings. The highest BCUT2D eigenvalue weighted by Gasteiger charge is 2.10. The summed E-state index contributed by atoms with van der Waals surface area (Å²) in [4.78, 5) is 9.22. The molecule has 0 aromatic heterocycles. The predicted octanol–water partition coefficient (Wildman–Crippen LogP) is 1.52. The van der Waals surface area contributed by atoms with Crippen LogP contribution >= 0.6 is 0 Å². The third-order valence-electron chi connectivity index (χ3n) is 4.91. The Morgan fingerprint density at radius 2 is 2.04 bits per heavy atom. The van der Waals surface area contributed by atoms with Gasteiger partial charge in [-0.05, 0) is 32.4 Å². The van der Waals surface area contributed by atoms with E-state index in [9.17, 15) is 0 Å². The second kappa shape index (κ2) is 11.9. The summed E-state index contributed by atoms with van der Waals surface area (Å²) in [5.74, 6) is 0.560. The molecule has 1 saturated heterocycles. The fraction of sp³-hybridized carbons (Fsp3) is 0.650. The fourth-order valence-electron chi connectivity index (χ4n) is 3.03. The molecule has 1 fully saturated rings. The molecular formula is C20H35N5O. The summed E-state index contributed by atoms with van der Waals surface area (Å²) in [5.41, 5.74) is 7.31. The normalized spacial score (nSPS) is 17.4. The molecule has 0 saturated carbocycles. The molecule has 1 unspecified atom stereocenters. The third-order valence-corrected chi connectivity index (χ3v) is 4.91. The first-order valence-corrected chi connectivity index (χ1v) is 9.73. The average molecular weight is 362 g/mol. The van der Waals surface area contributed by atoms with Crippen LogP contribution in [-0.2, 0) is 11.3 Å². The molecule has 1 aromatic carbocycles. The Bertz CT molecular complexity index is 516. The maximum atomic E-state index is 5.97. The van der Waals surface area contributed by atoms with Crippen molar-refractivity contribution in [2.45, 2.75) is 32.4 Å². The van der Waals surface area contributed by atoms with Gasteiger partial charge in [-0.25, -0.2) is 0 Å². The van der Waals surface area contributed by atoms with Gasteiger partial charge in [0.15, 0.2) is 5.96 Å². The smallest absolute Gasteiger partial charge is 0.188 e. The number of nitrogens with one attached hydrogen (secondary N) is 1. The monoisotopic (exact) mass is 361 g/mol. The van der Waals surface area contributed by atoms with Gasteiger partial charge in [-0.3, -0.25) is 14.8 Å². The van der Waals surface area contributed by atoms with E-state index in [1.165, 1.54) is 5.56 Å². The predicted molar refractivity (Wildman–Crippen MR) is 108 cm³/mol. The number of ether oxygens (including phenoxy) is 1. The van der Waals surface area contributed by atoms with E-state index in [0.717, 1.165) is 65.3 Å². The molecule has 6 heteroatoms. The standard InChI is InChI=1S/C20H35N5O/c1-18(24(2)17-19-7-4-3-5-8-19)9-11-23-20(21)22-10-6-12-25-13-15-26-16-14-25/h3-5,7-8,18H,6,9-17H2,1-2H3,(H3,21,22,23). The van der Waals surface area contributed by atoms with Gasteiger partial charge < -0.3 is 15.8 Å². The molecular weight excluding hydrogens is 326 g/mol. The van der Waals surface area contributed by atoms with Crippen LogP contribution in [0.5, 0.6) is 0 Å². The van der Waals surface area contributed by atoms with Gasteiger partial charge in [-0.15, -0.1) is 0 Å². The van der Waals surface area contributed by atoms with Gasteiger partial charge in [0.25, 0.3) is 0 Å². The highest BCUT2D eigenvalue weighted by atomic mass is 16.5. The number of rotatable bonds is 10. The number of aliphatic imine (C=N–C) groups is 1. The topological polar surface area (TPSA) is 66.1 Å². The number of hydrogen-bond acceptors (Lipinski definition) is 4. The van der Waals surface area contributed by atoms with E-state index in [1.54, 1.807) is 0 Å². The molecule has 0 spiro atoms. The molecule has 2 rings (SSSR count). The Hall–Kier alpha value is -1.63. The van der Waals surface area contributed by atoms with Crippen LogP contribution in [0.3, 0.4) is 0 Å². The van der Waals surface area contributed by atoms with Crippen LogP contribution in [0.2, 0.25) is 0 Å². The molecule has 146 valence electrons. The lowest BCUT2D eigenvalue weighted by Gasteiger charge is -2.26. The maximum absolute atomic E-state index is 5.97. The number of nitrogens with two attached hydrogens (primary N) is 1. The van der Waals surface area contributed by atoms with Crippen molar-refractivity contribution in [3.8, 4) is 0 Å². The highest BCUT2D eigenvalue weighted by molar-refractivity contribution is 5.77. The summed E-state index contributed by atoms with van der Waals surface area (Å²) in [5, 5.41) is 3.24. The highest BCUT2D eigenvalue weighted by Crippen LogP contribution is 2.07. The first-order valence-electron chi connectivity index (χ1n) is 9.73. The Kier molecular flexibility index (Phi) is 9.45. The second-order valence-corrected chi connectivity index (χ2v) is 7.04. The van der Waals surface area contributed by atoms with E-state index in [-0.39, 0.29) is 0 Å². The van der Waals surface area contributed by atoms with Gasteiger partial charge >= 0.3 is 0 Å². The van der Waals surface area contributed by atoms with Gasteiger partial charge in [0, 0.05) is 45.3 Å². The van der Waals surface area contributed by atoms with E-state index >= 15 is 0 Å². The summed E-state index contributed by atoms with van der Waals surface area (Å²) in [7, 11) is 2.17. The zero-order chi connectivity index (χ0) is 18.6. The van der Waals surface area contributed by atoms with Crippen molar-refractivity contribution in [1.82, 2.24) is 15.1 Å². The van der Waals surface area contributed by atoms with E-state index in [1.807, 2.05) is 0 Å². The third kappa shape index (κ3) is 8.17. The minimum atomic E-state index is 0.483. The van der Waals surface area contributed by atoms with Crippen LogP contribution in [0.4, 0.5) is 0 Å². The van der Waals surface area contributed by atoms with E-state index in [2.05, 4.69) is 64.4 Å². The maximum Gasteiger partial charge on any atom is 0.188 e. The molecule has 3 N–H and O–H groups in total. The molecule has 0 radical (unpaired) electrons. The number of nitrogens with zero attached hydrogens (tertiary/aromatic N) is 3. The van der Waals surface area contributed by atoms with Crippen molar-refractivity contribution >= 4 is 5.96 Å². The summed E-state index contributed by atoms with van der Waals surface area (Å²) in [6, 6.07) is 11.1. The Morgan fingerprint density at radius 1 is 1.31 bits per heavy atom. The van der Waals surface area contributed by atoms with Crippen LogP contribution in [-0.4, -0.2) is 74.8 Å². The first-order chi connectivity index (χ1) is 12.6. The molecule has 26 heavy (non-hydrogen) atoms. The Morgan fingerprint density at radius 3 is 2.77 bits per heavy atom. The largest absolute Gasteiger partial charge is 0.379 e. The summed E-state index contributed by atoms with van der Waals surface area (Å²) in [6.45, 7) is 9.68. The summed E-state index contributed by atoms with van der Waals surface area (Å²) >= 11 is 0. The summed E-state index contributed by atoms with van der Waals surface area (Å²) in [6.07, 6.45) is 2.08. The molecule has 1 heterocycles. The van der Waals surface area contributed by atoms with Crippen molar-refractivity contribution in [1.29, 1.82) is 0 Å². The van der Waals surface area contributed by atoms with Gasteiger partial charge in [0.05, 0.1) is 13.2 Å². The zero-order valence-corrected chi connectivity index (χ0v) is 16.4. The quantitative estimate of drug-likeness (QED) is 0.376. The van der Waals surface area contributed by atoms with Crippen LogP contribution in [0.15, 0.2) is 35.3 Å². The number of morpholine rings is 1. The lowest BCUT2D eigenvalue weighted by molar-refractivity contribution is 0.0377. The SMILES string of the molecule is CC(CCNC(N)=NCCCN1CCOCC1)N(C)Cc1ccccc1. The van der Waals surface area contributed by atoms with Crippen LogP contribution in [0, 0.1) is 0 Å². The minimum absolute atomic E-state index is 0.483. The summed E-state index contributed by atoms with van der Waals surface area (Å²) < 4.78 is 5.36. The molecule has 6 nitrogen and oxygen atoms in total.